The first-order valence-corrected chi connectivity index (χ1v) is 17.2. The van der Waals surface area contributed by atoms with Crippen LogP contribution in [0.15, 0.2) is 56.9 Å². The molecule has 2 heterocycles. The summed E-state index contributed by atoms with van der Waals surface area (Å²) < 4.78 is 45.8. The van der Waals surface area contributed by atoms with Gasteiger partial charge in [0.05, 0.1) is 30.3 Å². The Morgan fingerprint density at radius 3 is 2.52 bits per heavy atom. The largest absolute Gasteiger partial charge is 0.382 e. The van der Waals surface area contributed by atoms with Crippen LogP contribution in [-0.2, 0) is 30.8 Å². The van der Waals surface area contributed by atoms with Gasteiger partial charge in [0.25, 0.3) is 15.9 Å². The zero-order chi connectivity index (χ0) is 32.9. The molecule has 2 aromatic carbocycles. The van der Waals surface area contributed by atoms with Crippen LogP contribution in [0.5, 0.6) is 0 Å². The summed E-state index contributed by atoms with van der Waals surface area (Å²) in [5.74, 6) is 0.897. The fourth-order valence-electron chi connectivity index (χ4n) is 6.13. The molecule has 1 spiro atoms. The molecule has 0 bridgehead atoms. The Balaban J connectivity index is 1.49. The number of amidine groups is 1. The predicted molar refractivity (Wildman–Crippen MR) is 174 cm³/mol. The van der Waals surface area contributed by atoms with Crippen LogP contribution in [0.1, 0.15) is 79.0 Å². The van der Waals surface area contributed by atoms with Crippen molar-refractivity contribution in [2.45, 2.75) is 82.7 Å². The van der Waals surface area contributed by atoms with Gasteiger partial charge in [-0.05, 0) is 56.4 Å². The van der Waals surface area contributed by atoms with Crippen molar-refractivity contribution in [3.63, 3.8) is 0 Å². The van der Waals surface area contributed by atoms with E-state index in [1.165, 1.54) is 13.2 Å². The van der Waals surface area contributed by atoms with Crippen molar-refractivity contribution in [1.29, 1.82) is 0 Å². The highest BCUT2D eigenvalue weighted by Gasteiger charge is 2.49. The van der Waals surface area contributed by atoms with Gasteiger partial charge in [-0.2, -0.15) is 0 Å². The van der Waals surface area contributed by atoms with Gasteiger partial charge >= 0.3 is 0 Å². The third-order valence-electron chi connectivity index (χ3n) is 8.81. The number of aryl methyl sites for hydroxylation is 1. The number of ether oxygens (including phenoxy) is 2. The number of aliphatic imine (C=N–C) groups is 1. The monoisotopic (exact) mass is 650 g/mol. The molecule has 46 heavy (non-hydrogen) atoms. The Morgan fingerprint density at radius 2 is 1.85 bits per heavy atom. The quantitative estimate of drug-likeness (QED) is 0.114. The number of rotatable bonds is 15. The third kappa shape index (κ3) is 6.51. The van der Waals surface area contributed by atoms with E-state index in [2.05, 4.69) is 12.1 Å². The van der Waals surface area contributed by atoms with Crippen molar-refractivity contribution in [2.24, 2.45) is 4.99 Å². The number of benzene rings is 2. The maximum absolute atomic E-state index is 14.3. The van der Waals surface area contributed by atoms with Crippen LogP contribution < -0.4 is 4.31 Å². The number of aldehydes is 1. The van der Waals surface area contributed by atoms with Gasteiger partial charge in [-0.25, -0.2) is 12.7 Å². The summed E-state index contributed by atoms with van der Waals surface area (Å²) in [6.07, 6.45) is 6.88. The Morgan fingerprint density at radius 1 is 1.09 bits per heavy atom. The number of carbonyl (C=O) groups is 2. The lowest BCUT2D eigenvalue weighted by atomic mass is 9.96. The van der Waals surface area contributed by atoms with E-state index in [-0.39, 0.29) is 36.6 Å². The second-order valence-electron chi connectivity index (χ2n) is 11.9. The molecule has 3 aromatic rings. The standard InChI is InChI=1S/C34H42N4O7S/c1-5-6-13-31-35-34(16-9-10-17-34)33(40)37(31)21-26-14-15-28(27(20-26)22-39)29-11-7-8-12-30(29)46(41,42)38(23-44-19-18-43-4)32-24(2)25(3)36-45-32/h7-8,11-12,14-15,20,22H,5-6,9-10,13,16-19,21,23H2,1-4H3. The molecule has 11 nitrogen and oxygen atoms in total. The molecule has 0 radical (unpaired) electrons. The molecule has 12 heteroatoms. The Hall–Kier alpha value is -3.87. The Kier molecular flexibility index (Phi) is 10.4. The SMILES string of the molecule is CCCCC1=NC2(CCCC2)C(=O)N1Cc1ccc(-c2ccccc2S(=O)(=O)N(COCCOC)c2onc(C)c2C)c(C=O)c1. The molecular weight excluding hydrogens is 608 g/mol. The van der Waals surface area contributed by atoms with Gasteiger partial charge in [-0.3, -0.25) is 19.5 Å². The topological polar surface area (TPSA) is 132 Å². The van der Waals surface area contributed by atoms with Crippen molar-refractivity contribution in [2.75, 3.05) is 31.4 Å². The number of hydrogen-bond acceptors (Lipinski definition) is 9. The van der Waals surface area contributed by atoms with Crippen molar-refractivity contribution in [3.05, 3.63) is 64.8 Å². The van der Waals surface area contributed by atoms with Crippen LogP contribution in [0.4, 0.5) is 5.88 Å². The Bertz CT molecular complexity index is 1710. The minimum atomic E-state index is -4.27. The normalized spacial score (nSPS) is 16.0. The average Bonchev–Trinajstić information content (AvgIpc) is 3.74. The number of nitrogens with zero attached hydrogens (tertiary/aromatic N) is 4. The molecule has 0 saturated heterocycles. The highest BCUT2D eigenvalue weighted by Crippen LogP contribution is 2.41. The lowest BCUT2D eigenvalue weighted by molar-refractivity contribution is -0.131. The third-order valence-corrected chi connectivity index (χ3v) is 10.6. The van der Waals surface area contributed by atoms with Crippen LogP contribution in [0, 0.1) is 13.8 Å². The first-order chi connectivity index (χ1) is 22.2. The molecular formula is C34H42N4O7S. The predicted octanol–water partition coefficient (Wildman–Crippen LogP) is 5.83. The van der Waals surface area contributed by atoms with E-state index in [1.54, 1.807) is 49.1 Å². The van der Waals surface area contributed by atoms with E-state index in [0.29, 0.717) is 40.8 Å². The molecule has 1 aromatic heterocycles. The van der Waals surface area contributed by atoms with Gasteiger partial charge in [0.15, 0.2) is 6.29 Å². The summed E-state index contributed by atoms with van der Waals surface area (Å²) in [5, 5.41) is 3.95. The molecule has 5 rings (SSSR count). The zero-order valence-electron chi connectivity index (χ0n) is 27.0. The summed E-state index contributed by atoms with van der Waals surface area (Å²) in [6.45, 7) is 5.98. The van der Waals surface area contributed by atoms with Gasteiger partial charge < -0.3 is 14.0 Å². The lowest BCUT2D eigenvalue weighted by Gasteiger charge is -2.24. The minimum absolute atomic E-state index is 0.0264. The van der Waals surface area contributed by atoms with Gasteiger partial charge in [0, 0.05) is 30.2 Å². The number of unbranched alkanes of at least 4 members (excludes halogenated alkanes) is 1. The highest BCUT2D eigenvalue weighted by molar-refractivity contribution is 7.93. The second kappa shape index (κ2) is 14.3. The van der Waals surface area contributed by atoms with Crippen LogP contribution in [0.2, 0.25) is 0 Å². The first-order valence-electron chi connectivity index (χ1n) is 15.8. The maximum Gasteiger partial charge on any atom is 0.269 e. The molecule has 246 valence electrons. The summed E-state index contributed by atoms with van der Waals surface area (Å²) in [7, 11) is -2.74. The van der Waals surface area contributed by atoms with Gasteiger partial charge in [0.2, 0.25) is 5.88 Å². The number of carbonyl (C=O) groups excluding carboxylic acids is 2. The highest BCUT2D eigenvalue weighted by atomic mass is 32.2. The smallest absolute Gasteiger partial charge is 0.269 e. The number of methoxy groups -OCH3 is 1. The van der Waals surface area contributed by atoms with Crippen LogP contribution in [0.25, 0.3) is 11.1 Å². The van der Waals surface area contributed by atoms with E-state index in [1.807, 2.05) is 6.07 Å². The molecule has 1 aliphatic carbocycles. The van der Waals surface area contributed by atoms with Crippen LogP contribution >= 0.6 is 0 Å². The summed E-state index contributed by atoms with van der Waals surface area (Å²) in [6, 6.07) is 11.8. The average molecular weight is 651 g/mol. The van der Waals surface area contributed by atoms with Crippen LogP contribution in [-0.4, -0.2) is 69.1 Å². The number of sulfonamides is 1. The summed E-state index contributed by atoms with van der Waals surface area (Å²) >= 11 is 0. The lowest BCUT2D eigenvalue weighted by Crippen LogP contribution is -2.40. The number of amides is 1. The first kappa shape index (κ1) is 33.5. The van der Waals surface area contributed by atoms with Crippen molar-refractivity contribution in [3.8, 4) is 11.1 Å². The number of hydrogen-bond donors (Lipinski definition) is 0. The minimum Gasteiger partial charge on any atom is -0.382 e. The maximum atomic E-state index is 14.3. The van der Waals surface area contributed by atoms with E-state index in [4.69, 9.17) is 19.0 Å². The zero-order valence-corrected chi connectivity index (χ0v) is 27.8. The number of anilines is 1. The molecule has 0 N–H and O–H groups in total. The van der Waals surface area contributed by atoms with Gasteiger partial charge in [0.1, 0.15) is 18.1 Å². The molecule has 2 aliphatic rings. The molecule has 0 atom stereocenters. The second-order valence-corrected chi connectivity index (χ2v) is 13.7. The van der Waals surface area contributed by atoms with E-state index >= 15 is 0 Å². The molecule has 1 saturated carbocycles. The van der Waals surface area contributed by atoms with E-state index in [0.717, 1.165) is 60.7 Å². The molecule has 1 amide bonds. The fourth-order valence-corrected chi connectivity index (χ4v) is 7.68. The number of aromatic nitrogens is 1. The summed E-state index contributed by atoms with van der Waals surface area (Å²) in [5.41, 5.74) is 2.33. The van der Waals surface area contributed by atoms with Crippen LogP contribution in [0.3, 0.4) is 0 Å². The molecule has 1 aliphatic heterocycles. The van der Waals surface area contributed by atoms with E-state index < -0.39 is 15.6 Å². The Labute approximate surface area is 270 Å². The van der Waals surface area contributed by atoms with Crippen molar-refractivity contribution >= 4 is 33.9 Å². The fraction of sp³-hybridized carbons (Fsp3) is 0.471. The molecule has 1 fully saturated rings. The van der Waals surface area contributed by atoms with Crippen molar-refractivity contribution < 1.29 is 32.0 Å². The van der Waals surface area contributed by atoms with Crippen molar-refractivity contribution in [1.82, 2.24) is 10.1 Å². The summed E-state index contributed by atoms with van der Waals surface area (Å²) in [4.78, 5) is 32.9. The molecule has 0 unspecified atom stereocenters. The van der Waals surface area contributed by atoms with E-state index in [9.17, 15) is 18.0 Å². The van der Waals surface area contributed by atoms with Gasteiger partial charge in [-0.1, -0.05) is 61.7 Å². The van der Waals surface area contributed by atoms with Gasteiger partial charge in [-0.15, -0.1) is 0 Å².